The summed E-state index contributed by atoms with van der Waals surface area (Å²) in [7, 11) is 0. The van der Waals surface area contributed by atoms with Gasteiger partial charge < -0.3 is 19.9 Å². The van der Waals surface area contributed by atoms with Crippen molar-refractivity contribution in [2.24, 2.45) is 0 Å². The fourth-order valence-electron chi connectivity index (χ4n) is 3.82. The molecule has 1 N–H and O–H groups in total. The van der Waals surface area contributed by atoms with Gasteiger partial charge in [-0.3, -0.25) is 10.1 Å². The second-order valence-electron chi connectivity index (χ2n) is 7.96. The topological polar surface area (TPSA) is 96.7 Å². The van der Waals surface area contributed by atoms with Crippen LogP contribution in [0.5, 0.6) is 5.75 Å². The van der Waals surface area contributed by atoms with Crippen LogP contribution in [-0.4, -0.2) is 47.7 Å². The molecule has 9 nitrogen and oxygen atoms in total. The van der Waals surface area contributed by atoms with Crippen LogP contribution in [0, 0.1) is 10.1 Å². The molecular weight excluding hydrogens is 456 g/mol. The van der Waals surface area contributed by atoms with Crippen molar-refractivity contribution in [1.82, 2.24) is 9.97 Å². The van der Waals surface area contributed by atoms with E-state index in [4.69, 9.17) is 16.3 Å². The number of hydrogen-bond acceptors (Lipinski definition) is 8. The van der Waals surface area contributed by atoms with Gasteiger partial charge in [0.05, 0.1) is 11.5 Å². The number of ether oxygens (including phenoxy) is 1. The van der Waals surface area contributed by atoms with Crippen molar-refractivity contribution in [2.45, 2.75) is 19.8 Å². The molecule has 1 aliphatic rings. The second-order valence-corrected chi connectivity index (χ2v) is 8.39. The average Bonchev–Trinajstić information content (AvgIpc) is 2.85. The maximum Gasteiger partial charge on any atom is 0.353 e. The van der Waals surface area contributed by atoms with Crippen molar-refractivity contribution in [3.8, 4) is 5.75 Å². The molecule has 2 heterocycles. The summed E-state index contributed by atoms with van der Waals surface area (Å²) in [5.74, 6) is 1.23. The summed E-state index contributed by atoms with van der Waals surface area (Å²) in [6.45, 7) is 5.35. The van der Waals surface area contributed by atoms with Gasteiger partial charge in [0.25, 0.3) is 0 Å². The lowest BCUT2D eigenvalue weighted by Crippen LogP contribution is -2.47. The number of anilines is 4. The van der Waals surface area contributed by atoms with Gasteiger partial charge >= 0.3 is 5.69 Å². The Morgan fingerprint density at radius 2 is 1.82 bits per heavy atom. The van der Waals surface area contributed by atoms with Crippen LogP contribution >= 0.6 is 11.6 Å². The van der Waals surface area contributed by atoms with Gasteiger partial charge in [-0.05, 0) is 48.9 Å². The fourth-order valence-corrected chi connectivity index (χ4v) is 4.00. The van der Waals surface area contributed by atoms with Crippen molar-refractivity contribution in [2.75, 3.05) is 47.9 Å². The van der Waals surface area contributed by atoms with E-state index in [9.17, 15) is 10.1 Å². The van der Waals surface area contributed by atoms with Crippen molar-refractivity contribution >= 4 is 40.3 Å². The predicted octanol–water partition coefficient (Wildman–Crippen LogP) is 5.29. The van der Waals surface area contributed by atoms with Crippen molar-refractivity contribution in [1.29, 1.82) is 0 Å². The number of rotatable bonds is 9. The van der Waals surface area contributed by atoms with Gasteiger partial charge in [0.2, 0.25) is 11.6 Å². The van der Waals surface area contributed by atoms with Gasteiger partial charge in [-0.25, -0.2) is 9.97 Å². The molecule has 4 rings (SSSR count). The van der Waals surface area contributed by atoms with Crippen molar-refractivity contribution in [3.63, 3.8) is 0 Å². The minimum atomic E-state index is -0.427. The summed E-state index contributed by atoms with van der Waals surface area (Å²) in [6, 6.07) is 15.0. The van der Waals surface area contributed by atoms with E-state index in [0.717, 1.165) is 24.3 Å². The molecule has 34 heavy (non-hydrogen) atoms. The van der Waals surface area contributed by atoms with Gasteiger partial charge in [-0.15, -0.1) is 0 Å². The Bertz CT molecular complexity index is 1120. The molecule has 0 aliphatic carbocycles. The average molecular weight is 483 g/mol. The fraction of sp³-hybridized carbons (Fsp3) is 0.333. The molecule has 178 valence electrons. The Hall–Kier alpha value is -3.59. The lowest BCUT2D eigenvalue weighted by atomic mass is 10.2. The maximum atomic E-state index is 12.0. The monoisotopic (exact) mass is 482 g/mol. The van der Waals surface area contributed by atoms with Crippen molar-refractivity contribution < 1.29 is 9.66 Å². The van der Waals surface area contributed by atoms with Crippen LogP contribution in [0.4, 0.5) is 28.7 Å². The summed E-state index contributed by atoms with van der Waals surface area (Å²) in [5, 5.41) is 15.8. The molecule has 1 aliphatic heterocycles. The van der Waals surface area contributed by atoms with E-state index in [1.807, 2.05) is 53.4 Å². The summed E-state index contributed by atoms with van der Waals surface area (Å²) in [5.41, 5.74) is 1.58. The normalized spacial score (nSPS) is 13.6. The van der Waals surface area contributed by atoms with Gasteiger partial charge in [-0.2, -0.15) is 0 Å². The van der Waals surface area contributed by atoms with Crippen LogP contribution in [0.15, 0.2) is 54.9 Å². The lowest BCUT2D eigenvalue weighted by Gasteiger charge is -2.36. The third-order valence-corrected chi connectivity index (χ3v) is 5.86. The highest BCUT2D eigenvalue weighted by Gasteiger charge is 2.29. The third kappa shape index (κ3) is 5.66. The zero-order chi connectivity index (χ0) is 23.9. The van der Waals surface area contributed by atoms with Crippen molar-refractivity contribution in [3.05, 3.63) is 70.0 Å². The van der Waals surface area contributed by atoms with Crippen LogP contribution in [0.3, 0.4) is 0 Å². The molecule has 1 saturated heterocycles. The highest BCUT2D eigenvalue weighted by atomic mass is 35.5. The predicted molar refractivity (Wildman–Crippen MR) is 135 cm³/mol. The first kappa shape index (κ1) is 23.6. The summed E-state index contributed by atoms with van der Waals surface area (Å²) in [6.07, 6.45) is 3.41. The quantitative estimate of drug-likeness (QED) is 0.250. The third-order valence-electron chi connectivity index (χ3n) is 5.62. The molecule has 0 atom stereocenters. The number of benzene rings is 2. The number of halogens is 1. The Kier molecular flexibility index (Phi) is 7.64. The molecule has 1 aromatic heterocycles. The van der Waals surface area contributed by atoms with E-state index >= 15 is 0 Å². The summed E-state index contributed by atoms with van der Waals surface area (Å²) in [4.78, 5) is 24.1. The minimum absolute atomic E-state index is 0.137. The smallest absolute Gasteiger partial charge is 0.353 e. The standard InChI is InChI=1S/C24H27ClN6O3/c1-2-3-15-34-21-9-7-19(8-10-21)28-23-22(31(32)33)24(27-17-26-23)30-13-11-29(12-14-30)20-6-4-5-18(25)16-20/h4-10,16-17H,2-3,11-15H2,1H3,(H,26,27,28). The lowest BCUT2D eigenvalue weighted by molar-refractivity contribution is -0.383. The molecule has 3 aromatic rings. The Morgan fingerprint density at radius 1 is 1.09 bits per heavy atom. The Morgan fingerprint density at radius 3 is 2.50 bits per heavy atom. The SMILES string of the molecule is CCCCOc1ccc(Nc2ncnc(N3CCN(c4cccc(Cl)c4)CC3)c2[N+](=O)[O-])cc1. The molecule has 0 unspecified atom stereocenters. The number of nitrogens with zero attached hydrogens (tertiary/aromatic N) is 5. The van der Waals surface area contributed by atoms with Crippen LogP contribution in [-0.2, 0) is 0 Å². The number of nitro groups is 1. The molecule has 0 spiro atoms. The highest BCUT2D eigenvalue weighted by molar-refractivity contribution is 6.30. The number of hydrogen-bond donors (Lipinski definition) is 1. The number of piperazine rings is 1. The van der Waals surface area contributed by atoms with Crippen LogP contribution < -0.4 is 19.9 Å². The molecule has 0 amide bonds. The number of aromatic nitrogens is 2. The first-order valence-corrected chi connectivity index (χ1v) is 11.7. The molecular formula is C24H27ClN6O3. The molecule has 2 aromatic carbocycles. The molecule has 1 fully saturated rings. The highest BCUT2D eigenvalue weighted by Crippen LogP contribution is 2.34. The molecule has 0 radical (unpaired) electrons. The largest absolute Gasteiger partial charge is 0.494 e. The van der Waals surface area contributed by atoms with E-state index in [0.29, 0.717) is 49.3 Å². The molecule has 0 saturated carbocycles. The van der Waals surface area contributed by atoms with Gasteiger partial charge in [-0.1, -0.05) is 31.0 Å². The zero-order valence-electron chi connectivity index (χ0n) is 19.0. The Balaban J connectivity index is 1.48. The summed E-state index contributed by atoms with van der Waals surface area (Å²) >= 11 is 6.12. The van der Waals surface area contributed by atoms with Gasteiger partial charge in [0, 0.05) is 42.6 Å². The van der Waals surface area contributed by atoms with Crippen LogP contribution in [0.1, 0.15) is 19.8 Å². The zero-order valence-corrected chi connectivity index (χ0v) is 19.7. The first-order chi connectivity index (χ1) is 16.5. The van der Waals surface area contributed by atoms with E-state index in [1.165, 1.54) is 6.33 Å². The van der Waals surface area contributed by atoms with Crippen LogP contribution in [0.25, 0.3) is 0 Å². The number of nitrogens with one attached hydrogen (secondary N) is 1. The van der Waals surface area contributed by atoms with Gasteiger partial charge in [0.1, 0.15) is 12.1 Å². The van der Waals surface area contributed by atoms with E-state index < -0.39 is 4.92 Å². The van der Waals surface area contributed by atoms with E-state index in [2.05, 4.69) is 27.1 Å². The Labute approximate surface area is 203 Å². The van der Waals surface area contributed by atoms with E-state index in [-0.39, 0.29) is 11.5 Å². The molecule has 0 bridgehead atoms. The van der Waals surface area contributed by atoms with Crippen LogP contribution in [0.2, 0.25) is 5.02 Å². The second kappa shape index (κ2) is 11.0. The first-order valence-electron chi connectivity index (χ1n) is 11.3. The summed E-state index contributed by atoms with van der Waals surface area (Å²) < 4.78 is 5.68. The minimum Gasteiger partial charge on any atom is -0.494 e. The maximum absolute atomic E-state index is 12.0. The van der Waals surface area contributed by atoms with Gasteiger partial charge in [0.15, 0.2) is 0 Å². The number of unbranched alkanes of at least 4 members (excludes halogenated alkanes) is 1. The van der Waals surface area contributed by atoms with E-state index in [1.54, 1.807) is 0 Å². The molecule has 10 heteroatoms.